The second-order valence-electron chi connectivity index (χ2n) is 3.57. The Kier molecular flexibility index (Phi) is 2.89. The molecule has 0 aliphatic heterocycles. The summed E-state index contributed by atoms with van der Waals surface area (Å²) in [5.74, 6) is 0.403. The molecule has 90 valence electrons. The molecule has 6 heteroatoms. The Bertz CT molecular complexity index is 614. The van der Waals surface area contributed by atoms with Gasteiger partial charge in [-0.1, -0.05) is 17.7 Å². The number of methoxy groups -OCH3 is 1. The number of aryl methyl sites for hydroxylation is 1. The maximum atomic E-state index is 12.1. The smallest absolute Gasteiger partial charge is 0.283 e. The monoisotopic (exact) mass is 252 g/mol. The molecule has 0 radical (unpaired) electrons. The van der Waals surface area contributed by atoms with Crippen LogP contribution >= 0.6 is 0 Å². The lowest BCUT2D eigenvalue weighted by Gasteiger charge is -2.03. The predicted molar refractivity (Wildman–Crippen MR) is 62.5 cm³/mol. The highest BCUT2D eigenvalue weighted by Crippen LogP contribution is 2.16. The maximum Gasteiger partial charge on any atom is 0.283 e. The van der Waals surface area contributed by atoms with E-state index in [1.807, 2.05) is 6.92 Å². The van der Waals surface area contributed by atoms with Gasteiger partial charge in [-0.25, -0.2) is 0 Å². The van der Waals surface area contributed by atoms with Gasteiger partial charge in [0.25, 0.3) is 10.0 Å². The second-order valence-corrected chi connectivity index (χ2v) is 5.37. The fourth-order valence-corrected chi connectivity index (χ4v) is 2.45. The average Bonchev–Trinajstić information content (AvgIpc) is 2.78. The van der Waals surface area contributed by atoms with Gasteiger partial charge in [0.1, 0.15) is 0 Å². The van der Waals surface area contributed by atoms with Gasteiger partial charge >= 0.3 is 0 Å². The molecule has 0 unspecified atom stereocenters. The van der Waals surface area contributed by atoms with E-state index in [1.54, 1.807) is 24.3 Å². The van der Waals surface area contributed by atoms with Crippen LogP contribution in [-0.4, -0.2) is 24.7 Å². The van der Waals surface area contributed by atoms with Crippen molar-refractivity contribution < 1.29 is 13.2 Å². The molecule has 0 bridgehead atoms. The molecule has 17 heavy (non-hydrogen) atoms. The normalized spacial score (nSPS) is 11.4. The largest absolute Gasteiger partial charge is 0.493 e. The zero-order chi connectivity index (χ0) is 12.5. The summed E-state index contributed by atoms with van der Waals surface area (Å²) in [7, 11) is -2.16. The molecule has 0 fully saturated rings. The highest BCUT2D eigenvalue weighted by molar-refractivity contribution is 7.89. The number of rotatable bonds is 3. The van der Waals surface area contributed by atoms with Crippen LogP contribution in [0.2, 0.25) is 0 Å². The zero-order valence-electron chi connectivity index (χ0n) is 9.49. The zero-order valence-corrected chi connectivity index (χ0v) is 10.3. The SMILES string of the molecule is COc1cnn(S(=O)(=O)c2ccc(C)cc2)c1. The van der Waals surface area contributed by atoms with E-state index in [2.05, 4.69) is 5.10 Å². The summed E-state index contributed by atoms with van der Waals surface area (Å²) in [5, 5.41) is 3.76. The molecule has 2 rings (SSSR count). The predicted octanol–water partition coefficient (Wildman–Crippen LogP) is 1.44. The fourth-order valence-electron chi connectivity index (χ4n) is 1.34. The number of benzene rings is 1. The van der Waals surface area contributed by atoms with Gasteiger partial charge in [0.2, 0.25) is 0 Å². The summed E-state index contributed by atoms with van der Waals surface area (Å²) in [6.07, 6.45) is 2.68. The first kappa shape index (κ1) is 11.7. The quantitative estimate of drug-likeness (QED) is 0.829. The molecule has 5 nitrogen and oxygen atoms in total. The van der Waals surface area contributed by atoms with E-state index in [9.17, 15) is 8.42 Å². The molecule has 1 heterocycles. The molecule has 1 aromatic carbocycles. The summed E-state index contributed by atoms with van der Waals surface area (Å²) in [6, 6.07) is 6.60. The Labute approximate surface area is 99.7 Å². The van der Waals surface area contributed by atoms with Crippen LogP contribution in [0.1, 0.15) is 5.56 Å². The molecule has 0 saturated carbocycles. The van der Waals surface area contributed by atoms with Crippen LogP contribution < -0.4 is 4.74 Å². The van der Waals surface area contributed by atoms with Gasteiger partial charge in [0, 0.05) is 0 Å². The average molecular weight is 252 g/mol. The van der Waals surface area contributed by atoms with E-state index < -0.39 is 10.0 Å². The van der Waals surface area contributed by atoms with Crippen molar-refractivity contribution in [2.24, 2.45) is 0 Å². The molecule has 0 amide bonds. The minimum absolute atomic E-state index is 0.203. The van der Waals surface area contributed by atoms with Gasteiger partial charge in [0.05, 0.1) is 24.4 Å². The van der Waals surface area contributed by atoms with Crippen LogP contribution in [0.4, 0.5) is 0 Å². The van der Waals surface area contributed by atoms with Crippen molar-refractivity contribution in [2.45, 2.75) is 11.8 Å². The first-order chi connectivity index (χ1) is 8.04. The second kappa shape index (κ2) is 4.21. The summed E-state index contributed by atoms with van der Waals surface area (Å²) in [6.45, 7) is 1.90. The minimum Gasteiger partial charge on any atom is -0.493 e. The van der Waals surface area contributed by atoms with Crippen LogP contribution in [0.15, 0.2) is 41.6 Å². The molecule has 2 aromatic rings. The minimum atomic E-state index is -3.62. The first-order valence-corrected chi connectivity index (χ1v) is 6.39. The van der Waals surface area contributed by atoms with Crippen molar-refractivity contribution >= 4 is 10.0 Å². The van der Waals surface area contributed by atoms with Gasteiger partial charge in [-0.15, -0.1) is 0 Å². The van der Waals surface area contributed by atoms with Gasteiger partial charge in [0.15, 0.2) is 5.75 Å². The lowest BCUT2D eigenvalue weighted by molar-refractivity contribution is 0.414. The van der Waals surface area contributed by atoms with Gasteiger partial charge in [-0.2, -0.15) is 17.6 Å². The van der Waals surface area contributed by atoms with E-state index in [-0.39, 0.29) is 4.90 Å². The molecule has 1 aromatic heterocycles. The van der Waals surface area contributed by atoms with Crippen molar-refractivity contribution in [1.82, 2.24) is 9.19 Å². The molecule has 0 atom stereocenters. The van der Waals surface area contributed by atoms with Crippen LogP contribution in [0.25, 0.3) is 0 Å². The molecule has 0 aliphatic rings. The maximum absolute atomic E-state index is 12.1. The van der Waals surface area contributed by atoms with Crippen molar-refractivity contribution in [1.29, 1.82) is 0 Å². The molecular weight excluding hydrogens is 240 g/mol. The molecule has 0 aliphatic carbocycles. The third kappa shape index (κ3) is 2.16. The Morgan fingerprint density at radius 3 is 2.41 bits per heavy atom. The fraction of sp³-hybridized carbons (Fsp3) is 0.182. The third-order valence-electron chi connectivity index (χ3n) is 2.34. The van der Waals surface area contributed by atoms with E-state index in [0.717, 1.165) is 9.65 Å². The van der Waals surface area contributed by atoms with Gasteiger partial charge < -0.3 is 4.74 Å². The van der Waals surface area contributed by atoms with E-state index in [4.69, 9.17) is 4.74 Å². The van der Waals surface area contributed by atoms with E-state index in [0.29, 0.717) is 5.75 Å². The van der Waals surface area contributed by atoms with Crippen molar-refractivity contribution in [3.63, 3.8) is 0 Å². The van der Waals surface area contributed by atoms with Crippen molar-refractivity contribution in [3.8, 4) is 5.75 Å². The van der Waals surface area contributed by atoms with Crippen molar-refractivity contribution in [3.05, 3.63) is 42.2 Å². The summed E-state index contributed by atoms with van der Waals surface area (Å²) in [5.41, 5.74) is 1.00. The van der Waals surface area contributed by atoms with Gasteiger partial charge in [-0.3, -0.25) is 0 Å². The van der Waals surface area contributed by atoms with E-state index in [1.165, 1.54) is 19.5 Å². The molecular formula is C11H12N2O3S. The Morgan fingerprint density at radius 1 is 1.24 bits per heavy atom. The van der Waals surface area contributed by atoms with Crippen LogP contribution in [0.5, 0.6) is 5.75 Å². The van der Waals surface area contributed by atoms with E-state index >= 15 is 0 Å². The Hall–Kier alpha value is -1.82. The number of hydrogen-bond acceptors (Lipinski definition) is 4. The number of ether oxygens (including phenoxy) is 1. The first-order valence-electron chi connectivity index (χ1n) is 4.95. The van der Waals surface area contributed by atoms with Crippen LogP contribution in [0, 0.1) is 6.92 Å². The van der Waals surface area contributed by atoms with Gasteiger partial charge in [-0.05, 0) is 19.1 Å². The Balaban J connectivity index is 2.46. The van der Waals surface area contributed by atoms with Crippen LogP contribution in [0.3, 0.4) is 0 Å². The number of nitrogens with zero attached hydrogens (tertiary/aromatic N) is 2. The Morgan fingerprint density at radius 2 is 1.88 bits per heavy atom. The lowest BCUT2D eigenvalue weighted by atomic mass is 10.2. The summed E-state index contributed by atoms with van der Waals surface area (Å²) >= 11 is 0. The summed E-state index contributed by atoms with van der Waals surface area (Å²) < 4.78 is 30.0. The molecule has 0 saturated heterocycles. The standard InChI is InChI=1S/C11H12N2O3S/c1-9-3-5-11(6-4-9)17(14,15)13-8-10(16-2)7-12-13/h3-8H,1-2H3. The third-order valence-corrected chi connectivity index (χ3v) is 3.90. The highest BCUT2D eigenvalue weighted by atomic mass is 32.2. The lowest BCUT2D eigenvalue weighted by Crippen LogP contribution is -2.13. The molecule has 0 spiro atoms. The summed E-state index contributed by atoms with van der Waals surface area (Å²) in [4.78, 5) is 0.203. The topological polar surface area (TPSA) is 61.2 Å². The highest BCUT2D eigenvalue weighted by Gasteiger charge is 2.17. The number of aromatic nitrogens is 2. The van der Waals surface area contributed by atoms with Crippen molar-refractivity contribution in [2.75, 3.05) is 7.11 Å². The number of hydrogen-bond donors (Lipinski definition) is 0. The molecule has 0 N–H and O–H groups in total. The van der Waals surface area contributed by atoms with Crippen LogP contribution in [-0.2, 0) is 10.0 Å².